The molecule has 0 aliphatic carbocycles. The SMILES string of the molecule is CC(=O)Oc1ccc(C(O)CNCCc2ccc(OCCOCc3cccc(S(=O)C(C)C)c3)cc2)cc1CO. The van der Waals surface area contributed by atoms with Gasteiger partial charge in [-0.15, -0.1) is 0 Å². The lowest BCUT2D eigenvalue weighted by molar-refractivity contribution is -0.131. The summed E-state index contributed by atoms with van der Waals surface area (Å²) >= 11 is 0. The maximum absolute atomic E-state index is 12.3. The van der Waals surface area contributed by atoms with Gasteiger partial charge in [0.1, 0.15) is 18.1 Å². The molecule has 0 aliphatic heterocycles. The summed E-state index contributed by atoms with van der Waals surface area (Å²) in [7, 11) is -1.01. The molecule has 216 valence electrons. The van der Waals surface area contributed by atoms with Crippen LogP contribution >= 0.6 is 0 Å². The van der Waals surface area contributed by atoms with Crippen LogP contribution in [0.15, 0.2) is 71.6 Å². The number of carbonyl (C=O) groups excluding carboxylic acids is 1. The zero-order valence-corrected chi connectivity index (χ0v) is 24.1. The van der Waals surface area contributed by atoms with Crippen molar-refractivity contribution in [3.05, 3.63) is 89.0 Å². The van der Waals surface area contributed by atoms with Gasteiger partial charge in [-0.05, 0) is 66.1 Å². The second kappa shape index (κ2) is 16.2. The molecule has 0 amide bonds. The number of hydrogen-bond acceptors (Lipinski definition) is 8. The van der Waals surface area contributed by atoms with Crippen LogP contribution in [-0.4, -0.2) is 51.9 Å². The normalized spacial score (nSPS) is 12.8. The van der Waals surface area contributed by atoms with E-state index in [1.165, 1.54) is 6.92 Å². The zero-order valence-electron chi connectivity index (χ0n) is 23.3. The molecular weight excluding hydrogens is 530 g/mol. The highest BCUT2D eigenvalue weighted by molar-refractivity contribution is 7.85. The highest BCUT2D eigenvalue weighted by atomic mass is 32.2. The molecule has 0 radical (unpaired) electrons. The van der Waals surface area contributed by atoms with Crippen LogP contribution in [0.5, 0.6) is 11.5 Å². The Morgan fingerprint density at radius 1 is 1.00 bits per heavy atom. The van der Waals surface area contributed by atoms with E-state index in [2.05, 4.69) is 5.32 Å². The molecule has 0 bridgehead atoms. The Morgan fingerprint density at radius 3 is 2.48 bits per heavy atom. The number of hydrogen-bond donors (Lipinski definition) is 3. The molecule has 3 aromatic carbocycles. The summed E-state index contributed by atoms with van der Waals surface area (Å²) in [5.74, 6) is 0.595. The lowest BCUT2D eigenvalue weighted by atomic mass is 10.0. The van der Waals surface area contributed by atoms with Gasteiger partial charge in [0.2, 0.25) is 0 Å². The van der Waals surface area contributed by atoms with Crippen molar-refractivity contribution >= 4 is 16.8 Å². The van der Waals surface area contributed by atoms with Gasteiger partial charge in [-0.3, -0.25) is 9.00 Å². The molecule has 9 heteroatoms. The predicted molar refractivity (Wildman–Crippen MR) is 155 cm³/mol. The molecule has 2 atom stereocenters. The fraction of sp³-hybridized carbons (Fsp3) is 0.387. The van der Waals surface area contributed by atoms with Gasteiger partial charge in [0.15, 0.2) is 0 Å². The van der Waals surface area contributed by atoms with E-state index in [-0.39, 0.29) is 11.9 Å². The molecule has 40 heavy (non-hydrogen) atoms. The first-order valence-electron chi connectivity index (χ1n) is 13.4. The summed E-state index contributed by atoms with van der Waals surface area (Å²) in [5.41, 5.74) is 3.21. The van der Waals surface area contributed by atoms with E-state index >= 15 is 0 Å². The van der Waals surface area contributed by atoms with E-state index in [0.29, 0.717) is 49.8 Å². The van der Waals surface area contributed by atoms with Crippen LogP contribution in [0.1, 0.15) is 49.1 Å². The number of aliphatic hydroxyl groups excluding tert-OH is 2. The van der Waals surface area contributed by atoms with Crippen LogP contribution in [0.3, 0.4) is 0 Å². The Bertz CT molecular complexity index is 1250. The van der Waals surface area contributed by atoms with Gasteiger partial charge in [-0.25, -0.2) is 0 Å². The molecule has 0 fully saturated rings. The second-order valence-electron chi connectivity index (χ2n) is 9.63. The molecule has 0 saturated heterocycles. The van der Waals surface area contributed by atoms with E-state index in [0.717, 1.165) is 28.2 Å². The average Bonchev–Trinajstić information content (AvgIpc) is 2.95. The van der Waals surface area contributed by atoms with E-state index in [1.807, 2.05) is 62.4 Å². The van der Waals surface area contributed by atoms with Gasteiger partial charge in [0.05, 0.1) is 36.7 Å². The second-order valence-corrected chi connectivity index (χ2v) is 11.6. The Morgan fingerprint density at radius 2 is 1.77 bits per heavy atom. The fourth-order valence-corrected chi connectivity index (χ4v) is 4.99. The standard InChI is InChI=1S/C31H39NO7S/c1-22(2)40(36)29-6-4-5-25(17-29)21-37-15-16-38-28-10-7-24(8-11-28)13-14-32-19-30(35)26-9-12-31(39-23(3)34)27(18-26)20-33/h4-12,17-18,22,30,32-33,35H,13-16,19-21H2,1-3H3. The first-order chi connectivity index (χ1) is 19.3. The highest BCUT2D eigenvalue weighted by Gasteiger charge is 2.12. The first kappa shape index (κ1) is 31.4. The summed E-state index contributed by atoms with van der Waals surface area (Å²) in [6.07, 6.45) is 0.0203. The number of ether oxygens (including phenoxy) is 3. The van der Waals surface area contributed by atoms with Crippen LogP contribution in [0, 0.1) is 0 Å². The largest absolute Gasteiger partial charge is 0.491 e. The molecule has 8 nitrogen and oxygen atoms in total. The zero-order chi connectivity index (χ0) is 28.9. The molecule has 0 spiro atoms. The van der Waals surface area contributed by atoms with Gasteiger partial charge in [-0.1, -0.05) is 44.2 Å². The minimum absolute atomic E-state index is 0.0762. The summed E-state index contributed by atoms with van der Waals surface area (Å²) in [5, 5.41) is 23.4. The van der Waals surface area contributed by atoms with Crippen molar-refractivity contribution < 1.29 is 33.4 Å². The van der Waals surface area contributed by atoms with Gasteiger partial charge in [0.25, 0.3) is 0 Å². The molecule has 3 aromatic rings. The highest BCUT2D eigenvalue weighted by Crippen LogP contribution is 2.24. The number of nitrogens with one attached hydrogen (secondary N) is 1. The van der Waals surface area contributed by atoms with Crippen molar-refractivity contribution in [2.24, 2.45) is 0 Å². The first-order valence-corrected chi connectivity index (χ1v) is 14.6. The van der Waals surface area contributed by atoms with Crippen LogP contribution in [0.25, 0.3) is 0 Å². The summed E-state index contributed by atoms with van der Waals surface area (Å²) < 4.78 is 28.9. The van der Waals surface area contributed by atoms with Crippen LogP contribution < -0.4 is 14.8 Å². The van der Waals surface area contributed by atoms with Gasteiger partial charge in [0, 0.05) is 29.2 Å². The van der Waals surface area contributed by atoms with Gasteiger partial charge in [-0.2, -0.15) is 0 Å². The Labute approximate surface area is 238 Å². The van der Waals surface area contributed by atoms with Gasteiger partial charge >= 0.3 is 5.97 Å². The van der Waals surface area contributed by atoms with Crippen LogP contribution in [0.2, 0.25) is 0 Å². The Kier molecular flexibility index (Phi) is 12.8. The number of esters is 1. The molecule has 3 N–H and O–H groups in total. The van der Waals surface area contributed by atoms with E-state index < -0.39 is 22.9 Å². The number of aliphatic hydroxyl groups is 2. The quantitative estimate of drug-likeness (QED) is 0.134. The summed E-state index contributed by atoms with van der Waals surface area (Å²) in [6, 6.07) is 20.5. The van der Waals surface area contributed by atoms with Crippen molar-refractivity contribution in [1.29, 1.82) is 0 Å². The Hall–Kier alpha value is -3.08. The lowest BCUT2D eigenvalue weighted by Gasteiger charge is -2.15. The van der Waals surface area contributed by atoms with Crippen LogP contribution in [-0.2, 0) is 40.0 Å². The topological polar surface area (TPSA) is 114 Å². The predicted octanol–water partition coefficient (Wildman–Crippen LogP) is 4.08. The molecule has 0 aromatic heterocycles. The van der Waals surface area contributed by atoms with Crippen molar-refractivity contribution in [3.63, 3.8) is 0 Å². The number of rotatable bonds is 16. The molecule has 2 unspecified atom stereocenters. The maximum Gasteiger partial charge on any atom is 0.308 e. The third-order valence-electron chi connectivity index (χ3n) is 6.07. The third kappa shape index (κ3) is 10.1. The van der Waals surface area contributed by atoms with Crippen molar-refractivity contribution in [1.82, 2.24) is 5.32 Å². The van der Waals surface area contributed by atoms with E-state index in [4.69, 9.17) is 14.2 Å². The molecule has 3 rings (SSSR count). The van der Waals surface area contributed by atoms with Crippen LogP contribution in [0.4, 0.5) is 0 Å². The van der Waals surface area contributed by atoms with Gasteiger partial charge < -0.3 is 29.7 Å². The molecule has 0 saturated carbocycles. The molecule has 0 aliphatic rings. The minimum Gasteiger partial charge on any atom is -0.491 e. The summed E-state index contributed by atoms with van der Waals surface area (Å²) in [4.78, 5) is 12.0. The van der Waals surface area contributed by atoms with Crippen molar-refractivity contribution in [2.75, 3.05) is 26.3 Å². The maximum atomic E-state index is 12.3. The monoisotopic (exact) mass is 569 g/mol. The average molecular weight is 570 g/mol. The van der Waals surface area contributed by atoms with E-state index in [9.17, 15) is 19.2 Å². The fourth-order valence-electron chi connectivity index (χ4n) is 3.97. The summed E-state index contributed by atoms with van der Waals surface area (Å²) in [6.45, 7) is 7.23. The molecular formula is C31H39NO7S. The number of benzene rings is 3. The Balaban J connectivity index is 1.33. The number of carbonyl (C=O) groups is 1. The smallest absolute Gasteiger partial charge is 0.308 e. The van der Waals surface area contributed by atoms with Crippen molar-refractivity contribution in [3.8, 4) is 11.5 Å². The third-order valence-corrected chi connectivity index (χ3v) is 7.64. The van der Waals surface area contributed by atoms with Crippen molar-refractivity contribution in [2.45, 2.75) is 56.7 Å². The molecule has 0 heterocycles. The minimum atomic E-state index is -1.01. The van der Waals surface area contributed by atoms with E-state index in [1.54, 1.807) is 18.2 Å². The lowest BCUT2D eigenvalue weighted by Crippen LogP contribution is -2.24.